The van der Waals surface area contributed by atoms with Gasteiger partial charge in [0.05, 0.1) is 0 Å². The highest BCUT2D eigenvalue weighted by Gasteiger charge is 2.28. The molecule has 2 fully saturated rings. The SMILES string of the molecule is O=C(c1cccc(N2CCCN(Cc3ccccc3)C2=O)c1)N1CCN(c2ccc(F)cc2)CC1. The second-order valence-corrected chi connectivity index (χ2v) is 9.00. The van der Waals surface area contributed by atoms with E-state index in [0.29, 0.717) is 44.8 Å². The third-order valence-electron chi connectivity index (χ3n) is 6.69. The Morgan fingerprint density at radius 2 is 1.51 bits per heavy atom. The van der Waals surface area contributed by atoms with Crippen molar-refractivity contribution in [2.24, 2.45) is 0 Å². The van der Waals surface area contributed by atoms with Crippen molar-refractivity contribution >= 4 is 23.3 Å². The molecular formula is C28H29FN4O2. The molecule has 2 saturated heterocycles. The zero-order chi connectivity index (χ0) is 24.2. The maximum Gasteiger partial charge on any atom is 0.324 e. The minimum Gasteiger partial charge on any atom is -0.368 e. The minimum absolute atomic E-state index is 0.0300. The van der Waals surface area contributed by atoms with Gasteiger partial charge in [-0.25, -0.2) is 9.18 Å². The summed E-state index contributed by atoms with van der Waals surface area (Å²) in [6.45, 7) is 4.50. The van der Waals surface area contributed by atoms with Gasteiger partial charge in [-0.05, 0) is 54.4 Å². The van der Waals surface area contributed by atoms with E-state index in [2.05, 4.69) is 4.90 Å². The van der Waals surface area contributed by atoms with E-state index in [1.807, 2.05) is 64.4 Å². The lowest BCUT2D eigenvalue weighted by molar-refractivity contribution is 0.0746. The van der Waals surface area contributed by atoms with Crippen molar-refractivity contribution in [1.29, 1.82) is 0 Å². The lowest BCUT2D eigenvalue weighted by atomic mass is 10.1. The second-order valence-electron chi connectivity index (χ2n) is 9.00. The van der Waals surface area contributed by atoms with Gasteiger partial charge in [0.2, 0.25) is 0 Å². The Balaban J connectivity index is 1.24. The van der Waals surface area contributed by atoms with Crippen LogP contribution in [-0.4, -0.2) is 61.0 Å². The molecule has 35 heavy (non-hydrogen) atoms. The number of halogens is 1. The number of piperazine rings is 1. The van der Waals surface area contributed by atoms with Crippen molar-refractivity contribution < 1.29 is 14.0 Å². The summed E-state index contributed by atoms with van der Waals surface area (Å²) in [6, 6.07) is 23.8. The molecule has 6 nitrogen and oxygen atoms in total. The third-order valence-corrected chi connectivity index (χ3v) is 6.69. The summed E-state index contributed by atoms with van der Waals surface area (Å²) >= 11 is 0. The first-order chi connectivity index (χ1) is 17.1. The highest BCUT2D eigenvalue weighted by Crippen LogP contribution is 2.24. The van der Waals surface area contributed by atoms with Crippen LogP contribution in [0.4, 0.5) is 20.6 Å². The van der Waals surface area contributed by atoms with Crippen LogP contribution in [0.5, 0.6) is 0 Å². The first-order valence-electron chi connectivity index (χ1n) is 12.1. The molecule has 180 valence electrons. The molecule has 3 amide bonds. The lowest BCUT2D eigenvalue weighted by Gasteiger charge is -2.37. The summed E-state index contributed by atoms with van der Waals surface area (Å²) in [5.41, 5.74) is 3.41. The van der Waals surface area contributed by atoms with Crippen LogP contribution in [0.15, 0.2) is 78.9 Å². The Morgan fingerprint density at radius 3 is 2.26 bits per heavy atom. The van der Waals surface area contributed by atoms with Gasteiger partial charge in [-0.2, -0.15) is 0 Å². The van der Waals surface area contributed by atoms with Crippen LogP contribution in [0.3, 0.4) is 0 Å². The van der Waals surface area contributed by atoms with Gasteiger partial charge < -0.3 is 14.7 Å². The Kier molecular flexibility index (Phi) is 6.66. The predicted octanol–water partition coefficient (Wildman–Crippen LogP) is 4.62. The molecule has 0 bridgehead atoms. The molecule has 0 atom stereocenters. The van der Waals surface area contributed by atoms with Crippen molar-refractivity contribution in [2.75, 3.05) is 49.1 Å². The van der Waals surface area contributed by atoms with Crippen LogP contribution >= 0.6 is 0 Å². The largest absolute Gasteiger partial charge is 0.368 e. The highest BCUT2D eigenvalue weighted by molar-refractivity contribution is 5.98. The fourth-order valence-corrected chi connectivity index (χ4v) is 4.78. The number of nitrogens with zero attached hydrogens (tertiary/aromatic N) is 4. The van der Waals surface area contributed by atoms with Gasteiger partial charge in [-0.3, -0.25) is 9.69 Å². The van der Waals surface area contributed by atoms with E-state index in [4.69, 9.17) is 0 Å². The Bertz CT molecular complexity index is 1180. The van der Waals surface area contributed by atoms with Crippen molar-refractivity contribution in [1.82, 2.24) is 9.80 Å². The molecule has 0 radical (unpaired) electrons. The van der Waals surface area contributed by atoms with E-state index in [-0.39, 0.29) is 17.8 Å². The molecule has 0 saturated carbocycles. The summed E-state index contributed by atoms with van der Waals surface area (Å²) in [6.07, 6.45) is 0.877. The van der Waals surface area contributed by atoms with Gasteiger partial charge >= 0.3 is 6.03 Å². The monoisotopic (exact) mass is 472 g/mol. The normalized spacial score (nSPS) is 16.5. The van der Waals surface area contributed by atoms with Gasteiger partial charge in [0.1, 0.15) is 5.82 Å². The molecule has 2 heterocycles. The maximum atomic E-state index is 13.3. The number of hydrogen-bond donors (Lipinski definition) is 0. The van der Waals surface area contributed by atoms with Crippen LogP contribution in [0, 0.1) is 5.82 Å². The number of anilines is 2. The number of rotatable bonds is 5. The number of urea groups is 1. The number of amides is 3. The number of carbonyl (C=O) groups is 2. The smallest absolute Gasteiger partial charge is 0.324 e. The average molecular weight is 473 g/mol. The zero-order valence-electron chi connectivity index (χ0n) is 19.6. The maximum absolute atomic E-state index is 13.3. The molecule has 5 rings (SSSR count). The van der Waals surface area contributed by atoms with E-state index >= 15 is 0 Å². The fraction of sp³-hybridized carbons (Fsp3) is 0.286. The zero-order valence-corrected chi connectivity index (χ0v) is 19.6. The van der Waals surface area contributed by atoms with Crippen LogP contribution in [0.1, 0.15) is 22.3 Å². The highest BCUT2D eigenvalue weighted by atomic mass is 19.1. The van der Waals surface area contributed by atoms with E-state index < -0.39 is 0 Å². The molecule has 0 N–H and O–H groups in total. The van der Waals surface area contributed by atoms with E-state index in [9.17, 15) is 14.0 Å². The van der Waals surface area contributed by atoms with Gasteiger partial charge in [-0.1, -0.05) is 36.4 Å². The standard InChI is InChI=1S/C28H29FN4O2/c29-24-10-12-25(13-11-24)30-16-18-31(19-17-30)27(34)23-8-4-9-26(20-23)33-15-5-14-32(28(33)35)21-22-6-2-1-3-7-22/h1-4,6-13,20H,5,14-19,21H2. The molecule has 7 heteroatoms. The number of benzene rings is 3. The van der Waals surface area contributed by atoms with Crippen molar-refractivity contribution in [2.45, 2.75) is 13.0 Å². The quantitative estimate of drug-likeness (QED) is 0.545. The van der Waals surface area contributed by atoms with Crippen LogP contribution in [0.25, 0.3) is 0 Å². The Morgan fingerprint density at radius 1 is 0.771 bits per heavy atom. The first-order valence-corrected chi connectivity index (χ1v) is 12.1. The third kappa shape index (κ3) is 5.14. The van der Waals surface area contributed by atoms with Crippen LogP contribution < -0.4 is 9.80 Å². The average Bonchev–Trinajstić information content (AvgIpc) is 2.91. The first kappa shape index (κ1) is 22.9. The molecular weight excluding hydrogens is 443 g/mol. The fourth-order valence-electron chi connectivity index (χ4n) is 4.78. The molecule has 2 aliphatic heterocycles. The van der Waals surface area contributed by atoms with Gasteiger partial charge in [0.25, 0.3) is 5.91 Å². The van der Waals surface area contributed by atoms with E-state index in [0.717, 1.165) is 29.9 Å². The molecule has 2 aliphatic rings. The molecule has 0 aromatic heterocycles. The molecule has 3 aromatic rings. The number of carbonyl (C=O) groups excluding carboxylic acids is 2. The van der Waals surface area contributed by atoms with Gasteiger partial charge in [0, 0.05) is 62.8 Å². The van der Waals surface area contributed by atoms with Crippen molar-refractivity contribution in [3.8, 4) is 0 Å². The summed E-state index contributed by atoms with van der Waals surface area (Å²) in [5, 5.41) is 0. The number of hydrogen-bond acceptors (Lipinski definition) is 3. The summed E-state index contributed by atoms with van der Waals surface area (Å²) in [7, 11) is 0. The van der Waals surface area contributed by atoms with Gasteiger partial charge in [-0.15, -0.1) is 0 Å². The summed E-state index contributed by atoms with van der Waals surface area (Å²) in [4.78, 5) is 34.1. The Labute approximate surface area is 205 Å². The second kappa shape index (κ2) is 10.2. The summed E-state index contributed by atoms with van der Waals surface area (Å²) in [5.74, 6) is -0.283. The molecule has 3 aromatic carbocycles. The minimum atomic E-state index is -0.252. The van der Waals surface area contributed by atoms with Crippen LogP contribution in [0.2, 0.25) is 0 Å². The van der Waals surface area contributed by atoms with E-state index in [1.54, 1.807) is 17.0 Å². The molecule has 0 spiro atoms. The molecule has 0 unspecified atom stereocenters. The summed E-state index contributed by atoms with van der Waals surface area (Å²) < 4.78 is 13.2. The van der Waals surface area contributed by atoms with Gasteiger partial charge in [0.15, 0.2) is 0 Å². The van der Waals surface area contributed by atoms with Crippen molar-refractivity contribution in [3.63, 3.8) is 0 Å². The predicted molar refractivity (Wildman–Crippen MR) is 135 cm³/mol. The van der Waals surface area contributed by atoms with Crippen LogP contribution in [-0.2, 0) is 6.54 Å². The lowest BCUT2D eigenvalue weighted by Crippen LogP contribution is -2.49. The topological polar surface area (TPSA) is 47.1 Å². The van der Waals surface area contributed by atoms with E-state index in [1.165, 1.54) is 12.1 Å². The van der Waals surface area contributed by atoms with Crippen molar-refractivity contribution in [3.05, 3.63) is 95.8 Å². The molecule has 0 aliphatic carbocycles. The Hall–Kier alpha value is -3.87.